The van der Waals surface area contributed by atoms with Crippen LogP contribution >= 0.6 is 0 Å². The van der Waals surface area contributed by atoms with E-state index < -0.39 is 6.10 Å². The summed E-state index contributed by atoms with van der Waals surface area (Å²) in [7, 11) is 0. The number of pyridine rings is 1. The third-order valence-electron chi connectivity index (χ3n) is 2.95. The molecule has 20 heavy (non-hydrogen) atoms. The van der Waals surface area contributed by atoms with Gasteiger partial charge in [0.05, 0.1) is 6.10 Å². The van der Waals surface area contributed by atoms with Gasteiger partial charge in [-0.15, -0.1) is 0 Å². The van der Waals surface area contributed by atoms with Crippen LogP contribution in [0.4, 0.5) is 0 Å². The molecule has 0 radical (unpaired) electrons. The number of aliphatic hydroxyl groups excluding tert-OH is 1. The summed E-state index contributed by atoms with van der Waals surface area (Å²) < 4.78 is 5.74. The zero-order valence-electron chi connectivity index (χ0n) is 11.5. The molecule has 0 bridgehead atoms. The van der Waals surface area contributed by atoms with E-state index in [2.05, 4.69) is 4.98 Å². The van der Waals surface area contributed by atoms with Crippen LogP contribution in [0.2, 0.25) is 0 Å². The molecule has 0 saturated carbocycles. The number of nitriles is 1. The highest BCUT2D eigenvalue weighted by molar-refractivity contribution is 5.38. The van der Waals surface area contributed by atoms with E-state index >= 15 is 0 Å². The fourth-order valence-electron chi connectivity index (χ4n) is 1.91. The Morgan fingerprint density at radius 2 is 2.15 bits per heavy atom. The van der Waals surface area contributed by atoms with Crippen LogP contribution < -0.4 is 4.74 Å². The highest BCUT2D eigenvalue weighted by atomic mass is 16.5. The van der Waals surface area contributed by atoms with Gasteiger partial charge in [-0.05, 0) is 43.7 Å². The molecule has 0 saturated heterocycles. The third kappa shape index (κ3) is 3.34. The molecule has 0 aliphatic heterocycles. The van der Waals surface area contributed by atoms with Crippen molar-refractivity contribution in [1.82, 2.24) is 4.98 Å². The van der Waals surface area contributed by atoms with Crippen molar-refractivity contribution < 1.29 is 9.84 Å². The average Bonchev–Trinajstić information content (AvgIpc) is 2.46. The van der Waals surface area contributed by atoms with E-state index in [1.165, 1.54) is 0 Å². The lowest BCUT2D eigenvalue weighted by molar-refractivity contribution is 0.190. The maximum absolute atomic E-state index is 9.78. The number of rotatable bonds is 4. The van der Waals surface area contributed by atoms with Crippen molar-refractivity contribution in [2.45, 2.75) is 26.6 Å². The first-order valence-electron chi connectivity index (χ1n) is 6.36. The SMILES string of the molecule is Cc1ccc(OCc2ccnc(C#N)c2)c([C@@H](C)O)c1. The van der Waals surface area contributed by atoms with Gasteiger partial charge in [-0.2, -0.15) is 5.26 Å². The van der Waals surface area contributed by atoms with Gasteiger partial charge in [0.25, 0.3) is 0 Å². The summed E-state index contributed by atoms with van der Waals surface area (Å²) in [6.45, 7) is 4.01. The second-order valence-electron chi connectivity index (χ2n) is 4.67. The summed E-state index contributed by atoms with van der Waals surface area (Å²) in [5.41, 5.74) is 3.07. The maximum Gasteiger partial charge on any atom is 0.140 e. The molecular weight excluding hydrogens is 252 g/mol. The number of aryl methyl sites for hydroxylation is 1. The maximum atomic E-state index is 9.78. The van der Waals surface area contributed by atoms with E-state index in [0.717, 1.165) is 16.7 Å². The Labute approximate surface area is 118 Å². The van der Waals surface area contributed by atoms with Gasteiger partial charge in [0.2, 0.25) is 0 Å². The molecule has 2 aromatic rings. The average molecular weight is 268 g/mol. The van der Waals surface area contributed by atoms with Crippen LogP contribution in [0.15, 0.2) is 36.5 Å². The quantitative estimate of drug-likeness (QED) is 0.925. The van der Waals surface area contributed by atoms with Gasteiger partial charge < -0.3 is 9.84 Å². The number of nitrogens with zero attached hydrogens (tertiary/aromatic N) is 2. The van der Waals surface area contributed by atoms with Crippen LogP contribution in [-0.4, -0.2) is 10.1 Å². The molecule has 2 rings (SSSR count). The van der Waals surface area contributed by atoms with Gasteiger partial charge in [-0.3, -0.25) is 0 Å². The van der Waals surface area contributed by atoms with Gasteiger partial charge in [0.1, 0.15) is 24.1 Å². The third-order valence-corrected chi connectivity index (χ3v) is 2.95. The smallest absolute Gasteiger partial charge is 0.140 e. The van der Waals surface area contributed by atoms with Crippen LogP contribution in [0, 0.1) is 18.3 Å². The van der Waals surface area contributed by atoms with Crippen LogP contribution in [0.3, 0.4) is 0 Å². The van der Waals surface area contributed by atoms with Crippen molar-refractivity contribution in [3.8, 4) is 11.8 Å². The van der Waals surface area contributed by atoms with E-state index in [4.69, 9.17) is 10.00 Å². The standard InChI is InChI=1S/C16H16N2O2/c1-11-3-4-16(15(7-11)12(2)19)20-10-13-5-6-18-14(8-13)9-17/h3-8,12,19H,10H2,1-2H3/t12-/m1/s1. The van der Waals surface area contributed by atoms with Crippen LogP contribution in [0.5, 0.6) is 5.75 Å². The minimum absolute atomic E-state index is 0.333. The first-order valence-corrected chi connectivity index (χ1v) is 6.36. The van der Waals surface area contributed by atoms with Crippen LogP contribution in [0.1, 0.15) is 35.4 Å². The van der Waals surface area contributed by atoms with E-state index in [0.29, 0.717) is 18.1 Å². The Kier molecular flexibility index (Phi) is 4.34. The Balaban J connectivity index is 2.16. The predicted molar refractivity (Wildman–Crippen MR) is 75.1 cm³/mol. The zero-order valence-corrected chi connectivity index (χ0v) is 11.5. The molecule has 1 atom stereocenters. The summed E-state index contributed by atoms with van der Waals surface area (Å²) in [5, 5.41) is 18.6. The van der Waals surface area contributed by atoms with Gasteiger partial charge in [0.15, 0.2) is 0 Å². The molecule has 0 spiro atoms. The highest BCUT2D eigenvalue weighted by Gasteiger charge is 2.09. The van der Waals surface area contributed by atoms with Crippen LogP contribution in [0.25, 0.3) is 0 Å². The van der Waals surface area contributed by atoms with E-state index in [1.54, 1.807) is 25.3 Å². The summed E-state index contributed by atoms with van der Waals surface area (Å²) in [5.74, 6) is 0.654. The summed E-state index contributed by atoms with van der Waals surface area (Å²) in [6.07, 6.45) is 0.999. The Bertz CT molecular complexity index is 645. The molecule has 1 N–H and O–H groups in total. The number of benzene rings is 1. The monoisotopic (exact) mass is 268 g/mol. The van der Waals surface area contributed by atoms with Gasteiger partial charge in [0, 0.05) is 11.8 Å². The normalized spacial score (nSPS) is 11.7. The number of hydrogen-bond acceptors (Lipinski definition) is 4. The minimum atomic E-state index is -0.586. The molecule has 1 aromatic heterocycles. The fourth-order valence-corrected chi connectivity index (χ4v) is 1.91. The predicted octanol–water partition coefficient (Wildman–Crippen LogP) is 2.89. The van der Waals surface area contributed by atoms with Crippen molar-refractivity contribution in [2.75, 3.05) is 0 Å². The van der Waals surface area contributed by atoms with Crippen LogP contribution in [-0.2, 0) is 6.61 Å². The molecule has 0 aliphatic rings. The largest absolute Gasteiger partial charge is 0.489 e. The number of hydrogen-bond donors (Lipinski definition) is 1. The molecule has 1 aromatic carbocycles. The Morgan fingerprint density at radius 1 is 1.35 bits per heavy atom. The van der Waals surface area contributed by atoms with Gasteiger partial charge >= 0.3 is 0 Å². The van der Waals surface area contributed by atoms with E-state index in [1.807, 2.05) is 31.2 Å². The lowest BCUT2D eigenvalue weighted by atomic mass is 10.1. The van der Waals surface area contributed by atoms with E-state index in [-0.39, 0.29) is 0 Å². The molecule has 0 amide bonds. The van der Waals surface area contributed by atoms with Gasteiger partial charge in [-0.25, -0.2) is 4.98 Å². The highest BCUT2D eigenvalue weighted by Crippen LogP contribution is 2.26. The topological polar surface area (TPSA) is 66.1 Å². The first-order chi connectivity index (χ1) is 9.60. The first kappa shape index (κ1) is 14.0. The number of aliphatic hydroxyl groups is 1. The van der Waals surface area contributed by atoms with Crippen molar-refractivity contribution in [2.24, 2.45) is 0 Å². The molecule has 4 heteroatoms. The second-order valence-corrected chi connectivity index (χ2v) is 4.67. The fraction of sp³-hybridized carbons (Fsp3) is 0.250. The van der Waals surface area contributed by atoms with Crippen molar-refractivity contribution in [3.63, 3.8) is 0 Å². The molecule has 0 fully saturated rings. The summed E-state index contributed by atoms with van der Waals surface area (Å²) in [4.78, 5) is 3.91. The Morgan fingerprint density at radius 3 is 2.85 bits per heavy atom. The van der Waals surface area contributed by atoms with Crippen molar-refractivity contribution in [3.05, 3.63) is 58.9 Å². The van der Waals surface area contributed by atoms with Crippen molar-refractivity contribution in [1.29, 1.82) is 5.26 Å². The van der Waals surface area contributed by atoms with Crippen molar-refractivity contribution >= 4 is 0 Å². The zero-order chi connectivity index (χ0) is 14.5. The Hall–Kier alpha value is -2.38. The summed E-state index contributed by atoms with van der Waals surface area (Å²) in [6, 6.07) is 11.2. The lowest BCUT2D eigenvalue weighted by Crippen LogP contribution is -2.02. The molecule has 0 unspecified atom stereocenters. The molecule has 0 aliphatic carbocycles. The summed E-state index contributed by atoms with van der Waals surface area (Å²) >= 11 is 0. The lowest BCUT2D eigenvalue weighted by Gasteiger charge is -2.14. The number of aromatic nitrogens is 1. The van der Waals surface area contributed by atoms with E-state index in [9.17, 15) is 5.11 Å². The molecule has 102 valence electrons. The second kappa shape index (κ2) is 6.18. The molecular formula is C16H16N2O2. The molecule has 1 heterocycles. The minimum Gasteiger partial charge on any atom is -0.489 e. The van der Waals surface area contributed by atoms with Gasteiger partial charge in [-0.1, -0.05) is 11.6 Å². The molecule has 4 nitrogen and oxygen atoms in total. The number of ether oxygens (including phenoxy) is 1.